The van der Waals surface area contributed by atoms with Gasteiger partial charge in [0.25, 0.3) is 0 Å². The van der Waals surface area contributed by atoms with Crippen molar-refractivity contribution in [2.24, 2.45) is 0 Å². The summed E-state index contributed by atoms with van der Waals surface area (Å²) >= 11 is 0. The Labute approximate surface area is 58.6 Å². The molecule has 0 aliphatic rings. The monoisotopic (exact) mass is 128 g/mol. The molecule has 0 heterocycles. The summed E-state index contributed by atoms with van der Waals surface area (Å²) in [5.74, 6) is 0. The fourth-order valence-corrected chi connectivity index (χ4v) is 0.599. The number of quaternary nitrogens is 1. The maximum absolute atomic E-state index is 2.22. The van der Waals surface area contributed by atoms with Crippen molar-refractivity contribution >= 4 is 0 Å². The van der Waals surface area contributed by atoms with Crippen LogP contribution in [0.2, 0.25) is 0 Å². The molecule has 0 radical (unpaired) electrons. The number of allylic oxidation sites excluding steroid dienone is 2. The lowest BCUT2D eigenvalue weighted by atomic mass is 10.3. The van der Waals surface area contributed by atoms with Gasteiger partial charge >= 0.3 is 0 Å². The molecule has 1 nitrogen and oxygen atoms in total. The molecular weight excluding hydrogens is 110 g/mol. The van der Waals surface area contributed by atoms with Crippen LogP contribution in [0.4, 0.5) is 0 Å². The molecule has 0 N–H and O–H groups in total. The molecule has 0 spiro atoms. The molecule has 0 aliphatic heterocycles. The van der Waals surface area contributed by atoms with Crippen molar-refractivity contribution in [3.05, 3.63) is 11.8 Å². The molecule has 0 amide bonds. The van der Waals surface area contributed by atoms with Gasteiger partial charge in [0.05, 0.1) is 20.6 Å². The standard InChI is InChI=1S/C8H18N/c1-6-8(3)9(4,5)7-2/h6H,7H2,1-5H3/q+1. The van der Waals surface area contributed by atoms with Crippen LogP contribution in [0.5, 0.6) is 0 Å². The predicted molar refractivity (Wildman–Crippen MR) is 42.1 cm³/mol. The van der Waals surface area contributed by atoms with Gasteiger partial charge in [0.15, 0.2) is 0 Å². The Hall–Kier alpha value is -0.300. The first-order valence-corrected chi connectivity index (χ1v) is 3.51. The SMILES string of the molecule is CC=C(C)[N+](C)(C)CC. The quantitative estimate of drug-likeness (QED) is 0.499. The molecule has 0 atom stereocenters. The smallest absolute Gasteiger partial charge is 0.101 e. The van der Waals surface area contributed by atoms with E-state index in [1.807, 2.05) is 0 Å². The lowest BCUT2D eigenvalue weighted by molar-refractivity contribution is -0.850. The summed E-state index contributed by atoms with van der Waals surface area (Å²) in [6.45, 7) is 7.62. The van der Waals surface area contributed by atoms with Gasteiger partial charge < -0.3 is 4.48 Å². The molecule has 0 saturated heterocycles. The summed E-state index contributed by atoms with van der Waals surface area (Å²) in [4.78, 5) is 0. The molecule has 0 rings (SSSR count). The van der Waals surface area contributed by atoms with E-state index in [-0.39, 0.29) is 0 Å². The maximum Gasteiger partial charge on any atom is 0.101 e. The summed E-state index contributed by atoms with van der Waals surface area (Å²) in [5, 5.41) is 0. The largest absolute Gasteiger partial charge is 0.300 e. The third kappa shape index (κ3) is 2.19. The number of rotatable bonds is 2. The topological polar surface area (TPSA) is 0 Å². The number of hydrogen-bond acceptors (Lipinski definition) is 0. The second-order valence-corrected chi connectivity index (χ2v) is 2.93. The zero-order valence-electron chi connectivity index (χ0n) is 7.23. The second kappa shape index (κ2) is 3.02. The van der Waals surface area contributed by atoms with Gasteiger partial charge in [-0.25, -0.2) is 0 Å². The summed E-state index contributed by atoms with van der Waals surface area (Å²) in [6.07, 6.45) is 2.17. The third-order valence-corrected chi connectivity index (χ3v) is 2.16. The molecule has 54 valence electrons. The van der Waals surface area contributed by atoms with Crippen molar-refractivity contribution in [3.8, 4) is 0 Å². The second-order valence-electron chi connectivity index (χ2n) is 2.93. The van der Waals surface area contributed by atoms with E-state index in [2.05, 4.69) is 40.9 Å². The van der Waals surface area contributed by atoms with E-state index in [1.54, 1.807) is 0 Å². The predicted octanol–water partition coefficient (Wildman–Crippen LogP) is 2.01. The van der Waals surface area contributed by atoms with Crippen LogP contribution in [0, 0.1) is 0 Å². The van der Waals surface area contributed by atoms with Crippen molar-refractivity contribution in [1.29, 1.82) is 0 Å². The average molecular weight is 128 g/mol. The Morgan fingerprint density at radius 2 is 1.89 bits per heavy atom. The van der Waals surface area contributed by atoms with Gasteiger partial charge in [0, 0.05) is 6.92 Å². The van der Waals surface area contributed by atoms with Gasteiger partial charge in [-0.05, 0) is 19.9 Å². The minimum Gasteiger partial charge on any atom is -0.300 e. The molecule has 0 aromatic heterocycles. The fourth-order valence-electron chi connectivity index (χ4n) is 0.599. The highest BCUT2D eigenvalue weighted by Crippen LogP contribution is 2.08. The Morgan fingerprint density at radius 1 is 1.44 bits per heavy atom. The van der Waals surface area contributed by atoms with Gasteiger partial charge in [0.2, 0.25) is 0 Å². The molecular formula is C8H18N+. The van der Waals surface area contributed by atoms with Crippen molar-refractivity contribution in [2.45, 2.75) is 20.8 Å². The lowest BCUT2D eigenvalue weighted by Gasteiger charge is -2.27. The first-order chi connectivity index (χ1) is 4.04. The number of nitrogens with zero attached hydrogens (tertiary/aromatic N) is 1. The van der Waals surface area contributed by atoms with Crippen LogP contribution in [-0.4, -0.2) is 25.1 Å². The van der Waals surface area contributed by atoms with Crippen LogP contribution in [-0.2, 0) is 0 Å². The molecule has 9 heavy (non-hydrogen) atoms. The zero-order chi connectivity index (χ0) is 7.49. The highest BCUT2D eigenvalue weighted by Gasteiger charge is 2.12. The normalized spacial score (nSPS) is 14.1. The van der Waals surface area contributed by atoms with E-state index in [0.717, 1.165) is 11.0 Å². The summed E-state index contributed by atoms with van der Waals surface area (Å²) in [6, 6.07) is 0. The minimum atomic E-state index is 1.01. The first-order valence-electron chi connectivity index (χ1n) is 3.51. The van der Waals surface area contributed by atoms with E-state index < -0.39 is 0 Å². The van der Waals surface area contributed by atoms with E-state index in [0.29, 0.717) is 0 Å². The van der Waals surface area contributed by atoms with Crippen molar-refractivity contribution in [1.82, 2.24) is 0 Å². The van der Waals surface area contributed by atoms with Crippen molar-refractivity contribution < 1.29 is 4.48 Å². The average Bonchev–Trinajstić information content (AvgIpc) is 1.86. The minimum absolute atomic E-state index is 1.01. The van der Waals surface area contributed by atoms with Crippen LogP contribution >= 0.6 is 0 Å². The molecule has 0 saturated carbocycles. The van der Waals surface area contributed by atoms with Gasteiger partial charge in [-0.15, -0.1) is 0 Å². The maximum atomic E-state index is 2.22. The van der Waals surface area contributed by atoms with Crippen molar-refractivity contribution in [3.63, 3.8) is 0 Å². The third-order valence-electron chi connectivity index (χ3n) is 2.16. The molecule has 0 fully saturated rings. The van der Waals surface area contributed by atoms with Crippen LogP contribution < -0.4 is 0 Å². The lowest BCUT2D eigenvalue weighted by Crippen LogP contribution is -2.36. The van der Waals surface area contributed by atoms with Gasteiger partial charge in [-0.2, -0.15) is 0 Å². The summed E-state index contributed by atoms with van der Waals surface area (Å²) in [5.41, 5.74) is 1.43. The Kier molecular flexibility index (Phi) is 2.92. The molecule has 0 unspecified atom stereocenters. The summed E-state index contributed by atoms with van der Waals surface area (Å²) in [7, 11) is 4.44. The highest BCUT2D eigenvalue weighted by molar-refractivity contribution is 4.84. The summed E-state index contributed by atoms with van der Waals surface area (Å²) < 4.78 is 1.01. The molecule has 0 aliphatic carbocycles. The molecule has 0 aromatic rings. The van der Waals surface area contributed by atoms with E-state index in [1.165, 1.54) is 5.70 Å². The van der Waals surface area contributed by atoms with E-state index in [4.69, 9.17) is 0 Å². The van der Waals surface area contributed by atoms with E-state index in [9.17, 15) is 0 Å². The van der Waals surface area contributed by atoms with Gasteiger partial charge in [-0.1, -0.05) is 0 Å². The zero-order valence-corrected chi connectivity index (χ0v) is 7.23. The van der Waals surface area contributed by atoms with Crippen molar-refractivity contribution in [2.75, 3.05) is 20.6 Å². The first kappa shape index (κ1) is 8.70. The van der Waals surface area contributed by atoms with Crippen LogP contribution in [0.1, 0.15) is 20.8 Å². The molecule has 1 heteroatoms. The Bertz CT molecular complexity index is 112. The fraction of sp³-hybridized carbons (Fsp3) is 0.750. The van der Waals surface area contributed by atoms with Gasteiger partial charge in [-0.3, -0.25) is 0 Å². The van der Waals surface area contributed by atoms with E-state index >= 15 is 0 Å². The highest BCUT2D eigenvalue weighted by atomic mass is 15.3. The Morgan fingerprint density at radius 3 is 2.00 bits per heavy atom. The Balaban J connectivity index is 4.14. The number of hydrogen-bond donors (Lipinski definition) is 0. The van der Waals surface area contributed by atoms with Crippen LogP contribution in [0.25, 0.3) is 0 Å². The van der Waals surface area contributed by atoms with Gasteiger partial charge in [0.1, 0.15) is 5.70 Å². The van der Waals surface area contributed by atoms with Crippen LogP contribution in [0.3, 0.4) is 0 Å². The molecule has 0 aromatic carbocycles. The van der Waals surface area contributed by atoms with Crippen LogP contribution in [0.15, 0.2) is 11.8 Å². The molecule has 0 bridgehead atoms.